The Morgan fingerprint density at radius 1 is 1.37 bits per heavy atom. The van der Waals surface area contributed by atoms with Gasteiger partial charge in [-0.15, -0.1) is 11.3 Å². The van der Waals surface area contributed by atoms with Gasteiger partial charge >= 0.3 is 5.97 Å². The van der Waals surface area contributed by atoms with Crippen molar-refractivity contribution in [3.8, 4) is 0 Å². The van der Waals surface area contributed by atoms with Crippen LogP contribution in [0.1, 0.15) is 28.1 Å². The van der Waals surface area contributed by atoms with E-state index < -0.39 is 5.97 Å². The number of carboxylic acids is 1. The van der Waals surface area contributed by atoms with Crippen molar-refractivity contribution >= 4 is 33.3 Å². The topological polar surface area (TPSA) is 57.6 Å². The number of thiophene rings is 1. The van der Waals surface area contributed by atoms with E-state index in [4.69, 9.17) is 0 Å². The first-order valence-electron chi connectivity index (χ1n) is 6.18. The number of fused-ring (bicyclic) bond motifs is 1. The van der Waals surface area contributed by atoms with Crippen molar-refractivity contribution in [2.75, 3.05) is 6.54 Å². The average molecular weight is 275 g/mol. The predicted octanol–water partition coefficient (Wildman–Crippen LogP) is 2.72. The summed E-state index contributed by atoms with van der Waals surface area (Å²) >= 11 is 1.28. The van der Waals surface area contributed by atoms with Crippen LogP contribution < -0.4 is 0 Å². The molecule has 98 valence electrons. The third-order valence-electron chi connectivity index (χ3n) is 3.41. The number of nitrogens with zero attached hydrogens (tertiary/aromatic N) is 1. The lowest BCUT2D eigenvalue weighted by Gasteiger charge is -2.15. The van der Waals surface area contributed by atoms with Gasteiger partial charge in [0.25, 0.3) is 0 Å². The zero-order chi connectivity index (χ0) is 13.4. The van der Waals surface area contributed by atoms with Gasteiger partial charge in [0, 0.05) is 29.8 Å². The van der Waals surface area contributed by atoms with Gasteiger partial charge in [-0.3, -0.25) is 4.79 Å². The molecule has 1 fully saturated rings. The first-order valence-corrected chi connectivity index (χ1v) is 7.00. The number of hydrogen-bond acceptors (Lipinski definition) is 3. The van der Waals surface area contributed by atoms with E-state index in [1.54, 1.807) is 4.90 Å². The first kappa shape index (κ1) is 12.2. The quantitative estimate of drug-likeness (QED) is 0.937. The van der Waals surface area contributed by atoms with Crippen molar-refractivity contribution in [3.63, 3.8) is 0 Å². The molecule has 4 nitrogen and oxygen atoms in total. The molecule has 1 aliphatic heterocycles. The predicted molar refractivity (Wildman–Crippen MR) is 73.4 cm³/mol. The van der Waals surface area contributed by atoms with E-state index in [0.717, 1.165) is 28.6 Å². The zero-order valence-electron chi connectivity index (χ0n) is 10.3. The molecular weight excluding hydrogens is 262 g/mol. The highest BCUT2D eigenvalue weighted by molar-refractivity contribution is 7.21. The summed E-state index contributed by atoms with van der Waals surface area (Å²) in [5, 5.41) is 10.3. The molecule has 0 radical (unpaired) electrons. The molecule has 3 rings (SSSR count). The van der Waals surface area contributed by atoms with E-state index >= 15 is 0 Å². The van der Waals surface area contributed by atoms with E-state index in [9.17, 15) is 14.7 Å². The van der Waals surface area contributed by atoms with Crippen LogP contribution in [0.25, 0.3) is 10.1 Å². The third-order valence-corrected chi connectivity index (χ3v) is 4.61. The Morgan fingerprint density at radius 2 is 2.16 bits per heavy atom. The Balaban J connectivity index is 2.07. The lowest BCUT2D eigenvalue weighted by atomic mass is 10.1. The maximum Gasteiger partial charge on any atom is 0.346 e. The van der Waals surface area contributed by atoms with Crippen molar-refractivity contribution in [2.24, 2.45) is 0 Å². The molecule has 0 unspecified atom stereocenters. The highest BCUT2D eigenvalue weighted by Gasteiger charge is 2.25. The van der Waals surface area contributed by atoms with Crippen LogP contribution in [0.5, 0.6) is 0 Å². The number of likely N-dealkylation sites (tertiary alicyclic amines) is 1. The minimum atomic E-state index is -0.914. The smallest absolute Gasteiger partial charge is 0.346 e. The molecule has 2 aromatic rings. The van der Waals surface area contributed by atoms with Gasteiger partial charge in [0.1, 0.15) is 4.88 Å². The normalized spacial score (nSPS) is 15.4. The minimum absolute atomic E-state index is 0.117. The molecule has 1 aromatic heterocycles. The molecule has 1 aromatic carbocycles. The fourth-order valence-corrected chi connectivity index (χ4v) is 3.54. The number of carbonyl (C=O) groups is 2. The summed E-state index contributed by atoms with van der Waals surface area (Å²) in [6.07, 6.45) is 1.44. The van der Waals surface area contributed by atoms with Crippen molar-refractivity contribution < 1.29 is 14.7 Å². The molecule has 0 aliphatic carbocycles. The van der Waals surface area contributed by atoms with Crippen molar-refractivity contribution in [3.05, 3.63) is 34.7 Å². The zero-order valence-corrected chi connectivity index (χ0v) is 11.1. The summed E-state index contributed by atoms with van der Waals surface area (Å²) in [6, 6.07) is 7.64. The van der Waals surface area contributed by atoms with E-state index in [0.29, 0.717) is 17.8 Å². The lowest BCUT2D eigenvalue weighted by Crippen LogP contribution is -2.24. The maximum atomic E-state index is 11.7. The molecule has 1 N–H and O–H groups in total. The van der Waals surface area contributed by atoms with E-state index in [-0.39, 0.29) is 5.91 Å². The van der Waals surface area contributed by atoms with Gasteiger partial charge in [-0.05, 0) is 17.9 Å². The fourth-order valence-electron chi connectivity index (χ4n) is 2.49. The lowest BCUT2D eigenvalue weighted by molar-refractivity contribution is -0.128. The highest BCUT2D eigenvalue weighted by atomic mass is 32.1. The van der Waals surface area contributed by atoms with Gasteiger partial charge in [-0.2, -0.15) is 0 Å². The second kappa shape index (κ2) is 4.66. The largest absolute Gasteiger partial charge is 0.477 e. The SMILES string of the molecule is O=C(O)c1sc2ccccc2c1CN1CCCC1=O. The fraction of sp³-hybridized carbons (Fsp3) is 0.286. The van der Waals surface area contributed by atoms with E-state index in [2.05, 4.69) is 0 Å². The summed E-state index contributed by atoms with van der Waals surface area (Å²) < 4.78 is 0.960. The van der Waals surface area contributed by atoms with Gasteiger partial charge in [0.15, 0.2) is 0 Å². The monoisotopic (exact) mass is 275 g/mol. The summed E-state index contributed by atoms with van der Waals surface area (Å²) in [5.74, 6) is -0.797. The summed E-state index contributed by atoms with van der Waals surface area (Å²) in [7, 11) is 0. The number of benzene rings is 1. The summed E-state index contributed by atoms with van der Waals surface area (Å²) in [6.45, 7) is 1.13. The molecule has 19 heavy (non-hydrogen) atoms. The van der Waals surface area contributed by atoms with Gasteiger partial charge in [-0.1, -0.05) is 18.2 Å². The number of rotatable bonds is 3. The van der Waals surface area contributed by atoms with Crippen LogP contribution in [0.2, 0.25) is 0 Å². The van der Waals surface area contributed by atoms with Gasteiger partial charge < -0.3 is 10.0 Å². The van der Waals surface area contributed by atoms with Crippen LogP contribution in [0, 0.1) is 0 Å². The van der Waals surface area contributed by atoms with Gasteiger partial charge in [-0.25, -0.2) is 4.79 Å². The maximum absolute atomic E-state index is 11.7. The molecule has 1 aliphatic rings. The van der Waals surface area contributed by atoms with E-state index in [1.807, 2.05) is 24.3 Å². The highest BCUT2D eigenvalue weighted by Crippen LogP contribution is 2.33. The van der Waals surface area contributed by atoms with Crippen molar-refractivity contribution in [1.29, 1.82) is 0 Å². The number of amides is 1. The van der Waals surface area contributed by atoms with Gasteiger partial charge in [0.05, 0.1) is 0 Å². The Bertz CT molecular complexity index is 662. The van der Waals surface area contributed by atoms with Crippen molar-refractivity contribution in [1.82, 2.24) is 4.90 Å². The van der Waals surface area contributed by atoms with Crippen molar-refractivity contribution in [2.45, 2.75) is 19.4 Å². The molecule has 2 heterocycles. The molecule has 1 saturated heterocycles. The van der Waals surface area contributed by atoms with Crippen LogP contribution in [0.4, 0.5) is 0 Å². The minimum Gasteiger partial charge on any atom is -0.477 e. The third kappa shape index (κ3) is 2.10. The molecule has 5 heteroatoms. The van der Waals surface area contributed by atoms with Crippen LogP contribution in [-0.2, 0) is 11.3 Å². The molecule has 1 amide bonds. The molecule has 0 bridgehead atoms. The second-order valence-electron chi connectivity index (χ2n) is 4.63. The van der Waals surface area contributed by atoms with E-state index in [1.165, 1.54) is 11.3 Å². The van der Waals surface area contributed by atoms with Crippen LogP contribution in [0.3, 0.4) is 0 Å². The standard InChI is InChI=1S/C14H13NO3S/c16-12-6-3-7-15(12)8-10-9-4-1-2-5-11(9)19-13(10)14(17)18/h1-2,4-5H,3,6-8H2,(H,17,18). The number of carbonyl (C=O) groups excluding carboxylic acids is 1. The Morgan fingerprint density at radius 3 is 2.84 bits per heavy atom. The molecule has 0 saturated carbocycles. The van der Waals surface area contributed by atoms with Crippen LogP contribution in [-0.4, -0.2) is 28.4 Å². The Kier molecular flexibility index (Phi) is 2.98. The molecular formula is C14H13NO3S. The number of aromatic carboxylic acids is 1. The van der Waals surface area contributed by atoms with Crippen LogP contribution in [0.15, 0.2) is 24.3 Å². The number of carboxylic acid groups (broad SMARTS) is 1. The average Bonchev–Trinajstić information content (AvgIpc) is 2.95. The summed E-state index contributed by atoms with van der Waals surface area (Å²) in [5.41, 5.74) is 0.767. The van der Waals surface area contributed by atoms with Gasteiger partial charge in [0.2, 0.25) is 5.91 Å². The first-order chi connectivity index (χ1) is 9.16. The summed E-state index contributed by atoms with van der Waals surface area (Å²) in [4.78, 5) is 25.2. The second-order valence-corrected chi connectivity index (χ2v) is 5.68. The Labute approximate surface area is 114 Å². The number of hydrogen-bond donors (Lipinski definition) is 1. The van der Waals surface area contributed by atoms with Crippen LogP contribution >= 0.6 is 11.3 Å². The Hall–Kier alpha value is -1.88. The molecule has 0 atom stereocenters. The molecule has 0 spiro atoms.